The zero-order valence-corrected chi connectivity index (χ0v) is 9.72. The number of carbonyl (C=O) groups excluding carboxylic acids is 1. The van der Waals surface area contributed by atoms with Gasteiger partial charge in [-0.05, 0) is 19.1 Å². The van der Waals surface area contributed by atoms with E-state index < -0.39 is 0 Å². The van der Waals surface area contributed by atoms with E-state index in [1.165, 1.54) is 0 Å². The Kier molecular flexibility index (Phi) is 3.19. The minimum absolute atomic E-state index is 0.0240. The van der Waals surface area contributed by atoms with Gasteiger partial charge in [-0.1, -0.05) is 6.07 Å². The summed E-state index contributed by atoms with van der Waals surface area (Å²) in [4.78, 5) is 13.8. The highest BCUT2D eigenvalue weighted by atomic mass is 16.5. The van der Waals surface area contributed by atoms with Gasteiger partial charge in [0.2, 0.25) is 0 Å². The van der Waals surface area contributed by atoms with Crippen LogP contribution >= 0.6 is 0 Å². The first kappa shape index (κ1) is 11.7. The van der Waals surface area contributed by atoms with E-state index in [0.29, 0.717) is 19.7 Å². The normalized spacial score (nSPS) is 20.3. The average molecular weight is 236 g/mol. The molecule has 1 aliphatic heterocycles. The van der Waals surface area contributed by atoms with Gasteiger partial charge in [0.1, 0.15) is 0 Å². The Balaban J connectivity index is 2.22. The molecule has 1 unspecified atom stereocenters. The van der Waals surface area contributed by atoms with Crippen LogP contribution in [0.4, 0.5) is 5.69 Å². The number of ether oxygens (including phenoxy) is 1. The van der Waals surface area contributed by atoms with Crippen molar-refractivity contribution in [2.45, 2.75) is 13.0 Å². The maximum atomic E-state index is 12.2. The highest BCUT2D eigenvalue weighted by molar-refractivity contribution is 5.98. The molecule has 0 saturated carbocycles. The molecule has 0 spiro atoms. The topological polar surface area (TPSA) is 75.8 Å². The number of phenols is 1. The number of benzene rings is 1. The molecule has 0 radical (unpaired) electrons. The fourth-order valence-electron chi connectivity index (χ4n) is 1.91. The minimum Gasteiger partial charge on any atom is -0.505 e. The molecule has 0 aromatic heterocycles. The third kappa shape index (κ3) is 2.34. The summed E-state index contributed by atoms with van der Waals surface area (Å²) in [6.07, 6.45) is 0.0240. The highest BCUT2D eigenvalue weighted by Crippen LogP contribution is 2.26. The predicted octanol–water partition coefficient (Wildman–Crippen LogP) is 0.835. The fourth-order valence-corrected chi connectivity index (χ4v) is 1.91. The molecule has 5 heteroatoms. The van der Waals surface area contributed by atoms with Crippen LogP contribution in [0, 0.1) is 0 Å². The zero-order chi connectivity index (χ0) is 12.4. The third-order valence-electron chi connectivity index (χ3n) is 2.83. The molecule has 17 heavy (non-hydrogen) atoms. The lowest BCUT2D eigenvalue weighted by Crippen LogP contribution is -2.44. The van der Waals surface area contributed by atoms with Gasteiger partial charge in [-0.2, -0.15) is 0 Å². The van der Waals surface area contributed by atoms with E-state index in [1.54, 1.807) is 23.1 Å². The second-order valence-corrected chi connectivity index (χ2v) is 4.18. The molecule has 3 N–H and O–H groups in total. The summed E-state index contributed by atoms with van der Waals surface area (Å²) >= 11 is 0. The molecule has 1 fully saturated rings. The monoisotopic (exact) mass is 236 g/mol. The van der Waals surface area contributed by atoms with Crippen LogP contribution in [0.2, 0.25) is 0 Å². The fraction of sp³-hybridized carbons (Fsp3) is 0.417. The van der Waals surface area contributed by atoms with Crippen LogP contribution < -0.4 is 5.73 Å². The van der Waals surface area contributed by atoms with Crippen molar-refractivity contribution in [3.8, 4) is 5.75 Å². The number of nitrogens with zero attached hydrogens (tertiary/aromatic N) is 1. The molecular weight excluding hydrogens is 220 g/mol. The summed E-state index contributed by atoms with van der Waals surface area (Å²) in [5, 5.41) is 9.76. The summed E-state index contributed by atoms with van der Waals surface area (Å²) in [6.45, 7) is 3.51. The van der Waals surface area contributed by atoms with Gasteiger partial charge in [-0.15, -0.1) is 0 Å². The number of hydrogen-bond acceptors (Lipinski definition) is 4. The van der Waals surface area contributed by atoms with Crippen molar-refractivity contribution in [2.75, 3.05) is 25.4 Å². The lowest BCUT2D eigenvalue weighted by molar-refractivity contribution is -0.0125. The Hall–Kier alpha value is -1.75. The summed E-state index contributed by atoms with van der Waals surface area (Å²) < 4.78 is 5.37. The van der Waals surface area contributed by atoms with Gasteiger partial charge in [0.05, 0.1) is 24.0 Å². The van der Waals surface area contributed by atoms with Crippen LogP contribution in [0.15, 0.2) is 18.2 Å². The molecule has 1 aromatic rings. The maximum Gasteiger partial charge on any atom is 0.257 e. The van der Waals surface area contributed by atoms with Crippen molar-refractivity contribution in [1.29, 1.82) is 0 Å². The average Bonchev–Trinajstić information content (AvgIpc) is 2.32. The van der Waals surface area contributed by atoms with Crippen LogP contribution in [0.25, 0.3) is 0 Å². The van der Waals surface area contributed by atoms with Crippen LogP contribution in [-0.2, 0) is 4.74 Å². The van der Waals surface area contributed by atoms with E-state index in [0.717, 1.165) is 0 Å². The van der Waals surface area contributed by atoms with E-state index in [1.807, 2.05) is 6.92 Å². The molecule has 1 atom stereocenters. The maximum absolute atomic E-state index is 12.2. The van der Waals surface area contributed by atoms with E-state index in [9.17, 15) is 9.90 Å². The standard InChI is InChI=1S/C12H16N2O3/c1-8-7-14(5-6-17-8)12(16)9-3-2-4-10(13)11(9)15/h2-4,8,15H,5-7,13H2,1H3. The number of carbonyl (C=O) groups is 1. The number of nitrogens with two attached hydrogens (primary N) is 1. The Labute approximate surface area is 99.8 Å². The van der Waals surface area contributed by atoms with Gasteiger partial charge in [-0.25, -0.2) is 0 Å². The number of phenolic OH excluding ortho intramolecular Hbond substituents is 1. The van der Waals surface area contributed by atoms with Gasteiger partial charge in [0.15, 0.2) is 5.75 Å². The van der Waals surface area contributed by atoms with Crippen LogP contribution in [0.1, 0.15) is 17.3 Å². The quantitative estimate of drug-likeness (QED) is 0.559. The SMILES string of the molecule is CC1CN(C(=O)c2cccc(N)c2O)CCO1. The van der Waals surface area contributed by atoms with Gasteiger partial charge in [-0.3, -0.25) is 4.79 Å². The van der Waals surface area contributed by atoms with Gasteiger partial charge in [0.25, 0.3) is 5.91 Å². The first-order valence-corrected chi connectivity index (χ1v) is 5.58. The molecule has 1 amide bonds. The van der Waals surface area contributed by atoms with Gasteiger partial charge >= 0.3 is 0 Å². The molecular formula is C12H16N2O3. The van der Waals surface area contributed by atoms with E-state index in [-0.39, 0.29) is 29.0 Å². The Morgan fingerprint density at radius 1 is 1.59 bits per heavy atom. The number of nitrogen functional groups attached to an aromatic ring is 1. The summed E-state index contributed by atoms with van der Waals surface area (Å²) in [7, 11) is 0. The molecule has 92 valence electrons. The Morgan fingerprint density at radius 2 is 2.35 bits per heavy atom. The van der Waals surface area contributed by atoms with E-state index >= 15 is 0 Å². The smallest absolute Gasteiger partial charge is 0.257 e. The van der Waals surface area contributed by atoms with Crippen molar-refractivity contribution in [3.05, 3.63) is 23.8 Å². The van der Waals surface area contributed by atoms with Crippen LogP contribution in [0.3, 0.4) is 0 Å². The van der Waals surface area contributed by atoms with Crippen molar-refractivity contribution < 1.29 is 14.6 Å². The third-order valence-corrected chi connectivity index (χ3v) is 2.83. The summed E-state index contributed by atoms with van der Waals surface area (Å²) in [5.41, 5.74) is 6.04. The van der Waals surface area contributed by atoms with Crippen molar-refractivity contribution in [3.63, 3.8) is 0 Å². The van der Waals surface area contributed by atoms with Crippen molar-refractivity contribution >= 4 is 11.6 Å². The number of rotatable bonds is 1. The molecule has 1 saturated heterocycles. The predicted molar refractivity (Wildman–Crippen MR) is 63.8 cm³/mol. The first-order valence-electron chi connectivity index (χ1n) is 5.58. The number of aromatic hydroxyl groups is 1. The zero-order valence-electron chi connectivity index (χ0n) is 9.72. The number of para-hydroxylation sites is 1. The molecule has 0 bridgehead atoms. The molecule has 2 rings (SSSR count). The number of amides is 1. The van der Waals surface area contributed by atoms with E-state index in [2.05, 4.69) is 0 Å². The molecule has 1 aliphatic rings. The molecule has 0 aliphatic carbocycles. The largest absolute Gasteiger partial charge is 0.505 e. The Morgan fingerprint density at radius 3 is 3.06 bits per heavy atom. The lowest BCUT2D eigenvalue weighted by Gasteiger charge is -2.31. The minimum atomic E-state index is -0.204. The molecule has 1 aromatic carbocycles. The van der Waals surface area contributed by atoms with Crippen molar-refractivity contribution in [1.82, 2.24) is 4.90 Å². The van der Waals surface area contributed by atoms with Crippen LogP contribution in [-0.4, -0.2) is 41.7 Å². The summed E-state index contributed by atoms with van der Waals surface area (Å²) in [5.74, 6) is -0.346. The molecule has 5 nitrogen and oxygen atoms in total. The lowest BCUT2D eigenvalue weighted by atomic mass is 10.1. The van der Waals surface area contributed by atoms with Gasteiger partial charge in [0, 0.05) is 13.1 Å². The second-order valence-electron chi connectivity index (χ2n) is 4.18. The number of anilines is 1. The second kappa shape index (κ2) is 4.63. The van der Waals surface area contributed by atoms with Gasteiger partial charge < -0.3 is 20.5 Å². The van der Waals surface area contributed by atoms with Crippen molar-refractivity contribution in [2.24, 2.45) is 0 Å². The first-order chi connectivity index (χ1) is 8.09. The highest BCUT2D eigenvalue weighted by Gasteiger charge is 2.24. The number of morpholine rings is 1. The van der Waals surface area contributed by atoms with E-state index in [4.69, 9.17) is 10.5 Å². The van der Waals surface area contributed by atoms with Crippen LogP contribution in [0.5, 0.6) is 5.75 Å². The summed E-state index contributed by atoms with van der Waals surface area (Å²) in [6, 6.07) is 4.80. The molecule has 1 heterocycles. The number of hydrogen-bond donors (Lipinski definition) is 2. The Bertz CT molecular complexity index is 434.